The average molecular weight is 446 g/mol. The van der Waals surface area contributed by atoms with Crippen molar-refractivity contribution in [2.75, 3.05) is 19.6 Å². The average Bonchev–Trinajstić information content (AvgIpc) is 2.80. The Morgan fingerprint density at radius 1 is 1.15 bits per heavy atom. The van der Waals surface area contributed by atoms with Gasteiger partial charge in [-0.3, -0.25) is 14.5 Å². The second-order valence-electron chi connectivity index (χ2n) is 9.26. The molecule has 1 aliphatic carbocycles. The number of terminal acetylenes is 1. The summed E-state index contributed by atoms with van der Waals surface area (Å²) in [6, 6.07) is 15.4. The highest BCUT2D eigenvalue weighted by atomic mass is 16.3. The number of hydrogen-bond acceptors (Lipinski definition) is 4. The summed E-state index contributed by atoms with van der Waals surface area (Å²) in [7, 11) is 0. The molecule has 6 nitrogen and oxygen atoms in total. The van der Waals surface area contributed by atoms with E-state index < -0.39 is 5.60 Å². The number of carbonyl (C=O) groups excluding carboxylic acids is 2. The quantitative estimate of drug-likeness (QED) is 0.596. The molecular formula is C27H31N3O3. The first kappa shape index (κ1) is 23.0. The van der Waals surface area contributed by atoms with Gasteiger partial charge in [-0.2, -0.15) is 0 Å². The molecule has 0 spiro atoms. The lowest BCUT2D eigenvalue weighted by Gasteiger charge is -2.48. The highest BCUT2D eigenvalue weighted by molar-refractivity contribution is 5.96. The SMILES string of the molecule is C#Cc1cccc(C2(O)CCC(N3CC(NC(=O)CNC(=O)c4cccc(C)c4)C3)CC2)c1. The van der Waals surface area contributed by atoms with E-state index in [0.717, 1.165) is 42.6 Å². The summed E-state index contributed by atoms with van der Waals surface area (Å²) < 4.78 is 0. The number of aliphatic hydroxyl groups is 1. The first-order chi connectivity index (χ1) is 15.9. The zero-order valence-corrected chi connectivity index (χ0v) is 19.0. The van der Waals surface area contributed by atoms with Gasteiger partial charge < -0.3 is 15.7 Å². The van der Waals surface area contributed by atoms with Gasteiger partial charge >= 0.3 is 0 Å². The second-order valence-corrected chi connectivity index (χ2v) is 9.26. The van der Waals surface area contributed by atoms with Gasteiger partial charge in [0.05, 0.1) is 18.2 Å². The van der Waals surface area contributed by atoms with Crippen LogP contribution in [0, 0.1) is 19.3 Å². The van der Waals surface area contributed by atoms with Crippen molar-refractivity contribution >= 4 is 11.8 Å². The van der Waals surface area contributed by atoms with Gasteiger partial charge in [0, 0.05) is 30.3 Å². The molecule has 1 aliphatic heterocycles. The number of amides is 2. The first-order valence-corrected chi connectivity index (χ1v) is 11.5. The van der Waals surface area contributed by atoms with E-state index in [1.165, 1.54) is 0 Å². The topological polar surface area (TPSA) is 81.7 Å². The molecule has 1 saturated carbocycles. The Kier molecular flexibility index (Phi) is 6.83. The minimum absolute atomic E-state index is 0.0313. The van der Waals surface area contributed by atoms with Crippen LogP contribution in [0.5, 0.6) is 0 Å². The lowest BCUT2D eigenvalue weighted by molar-refractivity contribution is -0.122. The molecule has 0 aromatic heterocycles. The van der Waals surface area contributed by atoms with Crippen LogP contribution in [0.4, 0.5) is 0 Å². The molecule has 2 aromatic rings. The van der Waals surface area contributed by atoms with Crippen molar-refractivity contribution < 1.29 is 14.7 Å². The van der Waals surface area contributed by atoms with Crippen molar-refractivity contribution in [1.29, 1.82) is 0 Å². The molecule has 2 fully saturated rings. The zero-order valence-electron chi connectivity index (χ0n) is 19.0. The zero-order chi connectivity index (χ0) is 23.4. The lowest BCUT2D eigenvalue weighted by Crippen LogP contribution is -2.63. The van der Waals surface area contributed by atoms with Crippen molar-refractivity contribution in [3.8, 4) is 12.3 Å². The number of nitrogens with zero attached hydrogens (tertiary/aromatic N) is 1. The van der Waals surface area contributed by atoms with Crippen LogP contribution in [0.25, 0.3) is 0 Å². The van der Waals surface area contributed by atoms with Crippen LogP contribution in [-0.4, -0.2) is 53.5 Å². The highest BCUT2D eigenvalue weighted by Crippen LogP contribution is 2.39. The summed E-state index contributed by atoms with van der Waals surface area (Å²) in [5, 5.41) is 16.8. The summed E-state index contributed by atoms with van der Waals surface area (Å²) in [6.07, 6.45) is 8.71. The van der Waals surface area contributed by atoms with Crippen molar-refractivity contribution in [3.05, 3.63) is 70.8 Å². The van der Waals surface area contributed by atoms with Gasteiger partial charge in [-0.05, 0) is 62.4 Å². The Hall–Kier alpha value is -3.14. The van der Waals surface area contributed by atoms with E-state index in [1.807, 2.05) is 43.3 Å². The monoisotopic (exact) mass is 445 g/mol. The molecule has 6 heteroatoms. The summed E-state index contributed by atoms with van der Waals surface area (Å²) >= 11 is 0. The van der Waals surface area contributed by atoms with Crippen LogP contribution >= 0.6 is 0 Å². The third-order valence-corrected chi connectivity index (χ3v) is 6.83. The van der Waals surface area contributed by atoms with E-state index in [0.29, 0.717) is 24.4 Å². The van der Waals surface area contributed by atoms with Gasteiger partial charge in [0.2, 0.25) is 5.91 Å². The predicted molar refractivity (Wildman–Crippen MR) is 128 cm³/mol. The minimum Gasteiger partial charge on any atom is -0.385 e. The van der Waals surface area contributed by atoms with Crippen LogP contribution < -0.4 is 10.6 Å². The van der Waals surface area contributed by atoms with Crippen LogP contribution in [0.1, 0.15) is 52.7 Å². The normalized spacial score (nSPS) is 23.2. The lowest BCUT2D eigenvalue weighted by atomic mass is 9.76. The maximum absolute atomic E-state index is 12.2. The molecule has 33 heavy (non-hydrogen) atoms. The fourth-order valence-corrected chi connectivity index (χ4v) is 4.86. The summed E-state index contributed by atoms with van der Waals surface area (Å²) in [6.45, 7) is 3.49. The third-order valence-electron chi connectivity index (χ3n) is 6.83. The molecule has 1 saturated heterocycles. The first-order valence-electron chi connectivity index (χ1n) is 11.5. The molecule has 2 aliphatic rings. The fourth-order valence-electron chi connectivity index (χ4n) is 4.86. The maximum atomic E-state index is 12.2. The number of likely N-dealkylation sites (tertiary alicyclic amines) is 1. The van der Waals surface area contributed by atoms with Gasteiger partial charge in [-0.1, -0.05) is 35.7 Å². The number of rotatable bonds is 6. The highest BCUT2D eigenvalue weighted by Gasteiger charge is 2.40. The minimum atomic E-state index is -0.822. The van der Waals surface area contributed by atoms with Gasteiger partial charge in [0.1, 0.15) is 0 Å². The van der Waals surface area contributed by atoms with E-state index in [-0.39, 0.29) is 24.4 Å². The standard InChI is InChI=1S/C27H31N3O3/c1-3-20-7-5-9-22(15-20)27(33)12-10-24(11-13-27)30-17-23(18-30)29-25(31)16-28-26(32)21-8-4-6-19(2)14-21/h1,4-9,14-15,23-24,33H,10-13,16-18H2,2H3,(H,28,32)(H,29,31). The molecule has 0 atom stereocenters. The van der Waals surface area contributed by atoms with E-state index in [4.69, 9.17) is 6.42 Å². The van der Waals surface area contributed by atoms with Gasteiger partial charge in [0.25, 0.3) is 5.91 Å². The van der Waals surface area contributed by atoms with Crippen molar-refractivity contribution in [1.82, 2.24) is 15.5 Å². The molecular weight excluding hydrogens is 414 g/mol. The summed E-state index contributed by atoms with van der Waals surface area (Å²) in [4.78, 5) is 26.8. The molecule has 1 heterocycles. The van der Waals surface area contributed by atoms with Crippen molar-refractivity contribution in [2.45, 2.75) is 50.3 Å². The van der Waals surface area contributed by atoms with E-state index in [9.17, 15) is 14.7 Å². The number of nitrogens with one attached hydrogen (secondary N) is 2. The Morgan fingerprint density at radius 3 is 2.58 bits per heavy atom. The van der Waals surface area contributed by atoms with Crippen LogP contribution in [-0.2, 0) is 10.4 Å². The molecule has 3 N–H and O–H groups in total. The molecule has 0 unspecified atom stereocenters. The molecule has 2 amide bonds. The molecule has 172 valence electrons. The number of aryl methyl sites for hydroxylation is 1. The Bertz CT molecular complexity index is 1060. The molecule has 0 radical (unpaired) electrons. The Morgan fingerprint density at radius 2 is 1.88 bits per heavy atom. The molecule has 0 bridgehead atoms. The van der Waals surface area contributed by atoms with Crippen molar-refractivity contribution in [2.24, 2.45) is 0 Å². The summed E-state index contributed by atoms with van der Waals surface area (Å²) in [5.74, 6) is 2.22. The third kappa shape index (κ3) is 5.44. The van der Waals surface area contributed by atoms with Crippen molar-refractivity contribution in [3.63, 3.8) is 0 Å². The Balaban J connectivity index is 1.18. The number of hydrogen-bond donors (Lipinski definition) is 3. The van der Waals surface area contributed by atoms with E-state index >= 15 is 0 Å². The van der Waals surface area contributed by atoms with Crippen LogP contribution in [0.3, 0.4) is 0 Å². The van der Waals surface area contributed by atoms with Crippen LogP contribution in [0.15, 0.2) is 48.5 Å². The number of carbonyl (C=O) groups is 2. The second kappa shape index (κ2) is 9.78. The van der Waals surface area contributed by atoms with Crippen LogP contribution in [0.2, 0.25) is 0 Å². The van der Waals surface area contributed by atoms with E-state index in [1.54, 1.807) is 12.1 Å². The molecule has 4 rings (SSSR count). The van der Waals surface area contributed by atoms with E-state index in [2.05, 4.69) is 21.5 Å². The van der Waals surface area contributed by atoms with Gasteiger partial charge in [-0.15, -0.1) is 6.42 Å². The van der Waals surface area contributed by atoms with Gasteiger partial charge in [-0.25, -0.2) is 0 Å². The summed E-state index contributed by atoms with van der Waals surface area (Å²) in [5.41, 5.74) is 2.43. The molecule has 2 aromatic carbocycles. The fraction of sp³-hybridized carbons (Fsp3) is 0.407. The largest absolute Gasteiger partial charge is 0.385 e. The maximum Gasteiger partial charge on any atom is 0.251 e. The predicted octanol–water partition coefficient (Wildman–Crippen LogP) is 2.34. The number of benzene rings is 2. The van der Waals surface area contributed by atoms with Gasteiger partial charge in [0.15, 0.2) is 0 Å². The Labute approximate surface area is 195 Å². The smallest absolute Gasteiger partial charge is 0.251 e.